The van der Waals surface area contributed by atoms with E-state index >= 15 is 0 Å². The summed E-state index contributed by atoms with van der Waals surface area (Å²) in [6.07, 6.45) is 2.39. The summed E-state index contributed by atoms with van der Waals surface area (Å²) < 4.78 is 0. The van der Waals surface area contributed by atoms with Crippen LogP contribution in [0.4, 0.5) is 5.82 Å². The summed E-state index contributed by atoms with van der Waals surface area (Å²) in [5.41, 5.74) is 0.591. The van der Waals surface area contributed by atoms with Crippen LogP contribution in [0.1, 0.15) is 25.8 Å². The molecule has 0 unspecified atom stereocenters. The molecule has 1 aromatic rings. The lowest BCUT2D eigenvalue weighted by molar-refractivity contribution is 0.0884. The minimum absolute atomic E-state index is 0.288. The van der Waals surface area contributed by atoms with Gasteiger partial charge in [0, 0.05) is 38.4 Å². The first-order chi connectivity index (χ1) is 9.63. The van der Waals surface area contributed by atoms with Crippen molar-refractivity contribution >= 4 is 5.82 Å². The Morgan fingerprint density at radius 3 is 2.85 bits per heavy atom. The van der Waals surface area contributed by atoms with Gasteiger partial charge in [0.15, 0.2) is 0 Å². The molecular weight excluding hydrogens is 252 g/mol. The Morgan fingerprint density at radius 1 is 1.50 bits per heavy atom. The zero-order valence-corrected chi connectivity index (χ0v) is 12.2. The Bertz CT molecular complexity index is 466. The van der Waals surface area contributed by atoms with E-state index in [-0.39, 0.29) is 6.10 Å². The lowest BCUT2D eigenvalue weighted by Gasteiger charge is -2.42. The lowest BCUT2D eigenvalue weighted by atomic mass is 10.1. The second-order valence-electron chi connectivity index (χ2n) is 5.37. The summed E-state index contributed by atoms with van der Waals surface area (Å²) in [6, 6.07) is 6.25. The highest BCUT2D eigenvalue weighted by atomic mass is 16.3. The van der Waals surface area contributed by atoms with Crippen molar-refractivity contribution in [2.24, 2.45) is 0 Å². The maximum atomic E-state index is 9.56. The molecule has 0 bridgehead atoms. The number of hydrogen-bond acceptors (Lipinski definition) is 5. The summed E-state index contributed by atoms with van der Waals surface area (Å²) >= 11 is 0. The number of rotatable bonds is 4. The molecule has 5 heteroatoms. The monoisotopic (exact) mass is 274 g/mol. The van der Waals surface area contributed by atoms with E-state index in [0.717, 1.165) is 38.4 Å². The smallest absolute Gasteiger partial charge is 0.128 e. The average Bonchev–Trinajstić information content (AvgIpc) is 2.47. The first kappa shape index (κ1) is 14.8. The number of aliphatic hydroxyl groups is 1. The molecule has 1 fully saturated rings. The number of anilines is 1. The first-order valence-electron chi connectivity index (χ1n) is 7.17. The highest BCUT2D eigenvalue weighted by Crippen LogP contribution is 2.19. The second kappa shape index (κ2) is 6.69. The third kappa shape index (κ3) is 3.47. The summed E-state index contributed by atoms with van der Waals surface area (Å²) in [4.78, 5) is 8.97. The fourth-order valence-corrected chi connectivity index (χ4v) is 2.71. The van der Waals surface area contributed by atoms with Crippen molar-refractivity contribution in [1.29, 1.82) is 5.26 Å². The van der Waals surface area contributed by atoms with E-state index in [0.29, 0.717) is 11.6 Å². The van der Waals surface area contributed by atoms with E-state index in [1.165, 1.54) is 0 Å². The molecule has 108 valence electrons. The molecule has 20 heavy (non-hydrogen) atoms. The van der Waals surface area contributed by atoms with Gasteiger partial charge in [-0.25, -0.2) is 4.98 Å². The second-order valence-corrected chi connectivity index (χ2v) is 5.37. The molecule has 0 saturated carbocycles. The fraction of sp³-hybridized carbons (Fsp3) is 0.600. The van der Waals surface area contributed by atoms with Crippen LogP contribution < -0.4 is 4.90 Å². The Morgan fingerprint density at radius 2 is 2.30 bits per heavy atom. The van der Waals surface area contributed by atoms with Gasteiger partial charge in [0.05, 0.1) is 11.7 Å². The van der Waals surface area contributed by atoms with Gasteiger partial charge in [-0.15, -0.1) is 0 Å². The van der Waals surface area contributed by atoms with Crippen molar-refractivity contribution in [1.82, 2.24) is 9.88 Å². The number of pyridine rings is 1. The predicted molar refractivity (Wildman–Crippen MR) is 78.5 cm³/mol. The van der Waals surface area contributed by atoms with Crippen LogP contribution in [0.5, 0.6) is 0 Å². The van der Waals surface area contributed by atoms with Crippen LogP contribution in [-0.4, -0.2) is 53.3 Å². The van der Waals surface area contributed by atoms with E-state index in [9.17, 15) is 5.11 Å². The molecule has 0 amide bonds. The van der Waals surface area contributed by atoms with Crippen LogP contribution in [0, 0.1) is 11.3 Å². The summed E-state index contributed by atoms with van der Waals surface area (Å²) in [5, 5.41) is 18.4. The standard InChI is InChI=1S/C15H22N4O/c1-3-14-11-19(7-6-18(14)10-12(2)20)15-5-4-13(8-16)9-17-15/h4-5,9,12,14,20H,3,6-7,10-11H2,1-2H3/t12-,14-/m0/s1. The summed E-state index contributed by atoms with van der Waals surface area (Å²) in [7, 11) is 0. The minimum Gasteiger partial charge on any atom is -0.392 e. The largest absolute Gasteiger partial charge is 0.392 e. The number of piperazine rings is 1. The molecule has 0 aliphatic carbocycles. The predicted octanol–water partition coefficient (Wildman–Crippen LogP) is 1.23. The van der Waals surface area contributed by atoms with Crippen LogP contribution in [0.15, 0.2) is 18.3 Å². The Hall–Kier alpha value is -1.64. The van der Waals surface area contributed by atoms with E-state index < -0.39 is 0 Å². The molecule has 1 saturated heterocycles. The van der Waals surface area contributed by atoms with E-state index in [2.05, 4.69) is 27.8 Å². The molecule has 0 aromatic carbocycles. The van der Waals surface area contributed by atoms with Crippen molar-refractivity contribution in [2.45, 2.75) is 32.4 Å². The molecule has 2 atom stereocenters. The van der Waals surface area contributed by atoms with Gasteiger partial charge in [-0.1, -0.05) is 6.92 Å². The van der Waals surface area contributed by atoms with Crippen molar-refractivity contribution < 1.29 is 5.11 Å². The Balaban J connectivity index is 2.03. The fourth-order valence-electron chi connectivity index (χ4n) is 2.71. The van der Waals surface area contributed by atoms with Crippen molar-refractivity contribution in [3.05, 3.63) is 23.9 Å². The molecule has 0 radical (unpaired) electrons. The summed E-state index contributed by atoms with van der Waals surface area (Å²) in [5.74, 6) is 0.930. The van der Waals surface area contributed by atoms with Gasteiger partial charge >= 0.3 is 0 Å². The van der Waals surface area contributed by atoms with Crippen molar-refractivity contribution in [3.63, 3.8) is 0 Å². The molecule has 5 nitrogen and oxygen atoms in total. The van der Waals surface area contributed by atoms with Gasteiger partial charge in [-0.3, -0.25) is 4.90 Å². The van der Waals surface area contributed by atoms with Crippen LogP contribution in [0.2, 0.25) is 0 Å². The van der Waals surface area contributed by atoms with Gasteiger partial charge in [-0.05, 0) is 25.5 Å². The van der Waals surface area contributed by atoms with Gasteiger partial charge in [0.2, 0.25) is 0 Å². The topological polar surface area (TPSA) is 63.4 Å². The van der Waals surface area contributed by atoms with Crippen LogP contribution >= 0.6 is 0 Å². The van der Waals surface area contributed by atoms with E-state index in [1.54, 1.807) is 6.20 Å². The molecule has 2 heterocycles. The van der Waals surface area contributed by atoms with E-state index in [1.807, 2.05) is 19.1 Å². The van der Waals surface area contributed by atoms with E-state index in [4.69, 9.17) is 5.26 Å². The normalized spacial score (nSPS) is 21.5. The van der Waals surface area contributed by atoms with Crippen molar-refractivity contribution in [2.75, 3.05) is 31.1 Å². The minimum atomic E-state index is -0.288. The summed E-state index contributed by atoms with van der Waals surface area (Å²) in [6.45, 7) is 7.50. The Kier molecular flexibility index (Phi) is 4.94. The van der Waals surface area contributed by atoms with Crippen LogP contribution in [0.25, 0.3) is 0 Å². The Labute approximate surface area is 120 Å². The number of aromatic nitrogens is 1. The molecule has 1 aliphatic rings. The number of hydrogen-bond donors (Lipinski definition) is 1. The van der Waals surface area contributed by atoms with Gasteiger partial charge in [0.25, 0.3) is 0 Å². The number of β-amino-alcohol motifs (C(OH)–C–C–N with tert-alkyl or cyclic N) is 1. The van der Waals surface area contributed by atoms with Gasteiger partial charge < -0.3 is 10.0 Å². The third-order valence-electron chi connectivity index (χ3n) is 3.78. The maximum absolute atomic E-state index is 9.56. The van der Waals surface area contributed by atoms with Crippen LogP contribution in [0.3, 0.4) is 0 Å². The third-order valence-corrected chi connectivity index (χ3v) is 3.78. The molecule has 0 spiro atoms. The number of aliphatic hydroxyl groups excluding tert-OH is 1. The number of nitrogens with zero attached hydrogens (tertiary/aromatic N) is 4. The highest BCUT2D eigenvalue weighted by molar-refractivity contribution is 5.42. The first-order valence-corrected chi connectivity index (χ1v) is 7.17. The molecule has 2 rings (SSSR count). The van der Waals surface area contributed by atoms with Gasteiger partial charge in [-0.2, -0.15) is 5.26 Å². The average molecular weight is 274 g/mol. The molecular formula is C15H22N4O. The van der Waals surface area contributed by atoms with Crippen LogP contribution in [-0.2, 0) is 0 Å². The zero-order chi connectivity index (χ0) is 14.5. The quantitative estimate of drug-likeness (QED) is 0.895. The lowest BCUT2D eigenvalue weighted by Crippen LogP contribution is -2.54. The molecule has 1 N–H and O–H groups in total. The molecule has 1 aromatic heterocycles. The van der Waals surface area contributed by atoms with Crippen molar-refractivity contribution in [3.8, 4) is 6.07 Å². The van der Waals surface area contributed by atoms with Gasteiger partial charge in [0.1, 0.15) is 11.9 Å². The maximum Gasteiger partial charge on any atom is 0.128 e. The highest BCUT2D eigenvalue weighted by Gasteiger charge is 2.26. The number of nitriles is 1. The SMILES string of the molecule is CC[C@H]1CN(c2ccc(C#N)cn2)CCN1C[C@H](C)O. The molecule has 1 aliphatic heterocycles. The zero-order valence-electron chi connectivity index (χ0n) is 12.2.